The molecular weight excluding hydrogens is 398 g/mol. The van der Waals surface area contributed by atoms with E-state index in [0.717, 1.165) is 0 Å². The van der Waals surface area contributed by atoms with E-state index in [1.54, 1.807) is 37.3 Å². The number of rotatable bonds is 5. The van der Waals surface area contributed by atoms with Crippen LogP contribution in [0, 0.1) is 6.92 Å². The predicted molar refractivity (Wildman–Crippen MR) is 113 cm³/mol. The van der Waals surface area contributed by atoms with Crippen molar-refractivity contribution in [2.24, 2.45) is 0 Å². The summed E-state index contributed by atoms with van der Waals surface area (Å²) in [6.45, 7) is 1.73. The molecule has 0 fully saturated rings. The first-order chi connectivity index (χ1) is 13.3. The third kappa shape index (κ3) is 4.82. The summed E-state index contributed by atoms with van der Waals surface area (Å²) < 4.78 is 27.7. The van der Waals surface area contributed by atoms with Crippen LogP contribution in [0.5, 0.6) is 0 Å². The summed E-state index contributed by atoms with van der Waals surface area (Å²) in [5, 5.41) is 5.81. The molecule has 0 radical (unpaired) electrons. The molecule has 3 aromatic rings. The molecule has 2 amide bonds. The Morgan fingerprint density at radius 3 is 2.07 bits per heavy atom. The fourth-order valence-electron chi connectivity index (χ4n) is 2.45. The third-order valence-electron chi connectivity index (χ3n) is 3.97. The number of carbonyl (C=O) groups excluding carboxylic acids is 1. The van der Waals surface area contributed by atoms with Crippen molar-refractivity contribution in [1.29, 1.82) is 0 Å². The number of sulfonamides is 1. The van der Waals surface area contributed by atoms with Gasteiger partial charge in [0.2, 0.25) is 0 Å². The fraction of sp³-hybridized carbons (Fsp3) is 0.0500. The molecule has 3 N–H and O–H groups in total. The van der Waals surface area contributed by atoms with Gasteiger partial charge in [-0.15, -0.1) is 0 Å². The molecule has 0 saturated carbocycles. The summed E-state index contributed by atoms with van der Waals surface area (Å²) in [5.41, 5.74) is 2.17. The number of hydrogen-bond acceptors (Lipinski definition) is 3. The molecule has 0 unspecified atom stereocenters. The molecular formula is C20H18ClN3O3S. The number of amides is 2. The van der Waals surface area contributed by atoms with Gasteiger partial charge in [-0.2, -0.15) is 0 Å². The van der Waals surface area contributed by atoms with Gasteiger partial charge in [-0.3, -0.25) is 4.72 Å². The van der Waals surface area contributed by atoms with Gasteiger partial charge in [0.1, 0.15) is 0 Å². The van der Waals surface area contributed by atoms with Crippen LogP contribution in [0.2, 0.25) is 5.02 Å². The normalized spacial score (nSPS) is 10.9. The second-order valence-corrected chi connectivity index (χ2v) is 8.08. The maximum atomic E-state index is 12.6. The Kier molecular flexibility index (Phi) is 5.87. The first kappa shape index (κ1) is 19.7. The van der Waals surface area contributed by atoms with Gasteiger partial charge in [0, 0.05) is 16.4 Å². The van der Waals surface area contributed by atoms with Crippen molar-refractivity contribution < 1.29 is 13.2 Å². The van der Waals surface area contributed by atoms with Gasteiger partial charge in [-0.05, 0) is 61.0 Å². The van der Waals surface area contributed by atoms with Crippen LogP contribution >= 0.6 is 11.6 Å². The van der Waals surface area contributed by atoms with Gasteiger partial charge in [-0.1, -0.05) is 35.9 Å². The summed E-state index contributed by atoms with van der Waals surface area (Å²) in [4.78, 5) is 12.1. The Morgan fingerprint density at radius 2 is 1.43 bits per heavy atom. The van der Waals surface area contributed by atoms with Crippen LogP contribution in [0.4, 0.5) is 21.9 Å². The Morgan fingerprint density at radius 1 is 0.821 bits per heavy atom. The molecule has 0 saturated heterocycles. The van der Waals surface area contributed by atoms with Crippen molar-refractivity contribution in [2.45, 2.75) is 11.8 Å². The average Bonchev–Trinajstić information content (AvgIpc) is 2.66. The van der Waals surface area contributed by atoms with E-state index in [1.807, 2.05) is 18.2 Å². The Balaban J connectivity index is 1.69. The SMILES string of the molecule is Cc1c(Cl)cccc1NS(=O)(=O)c1ccc(NC(=O)Nc2ccccc2)cc1. The average molecular weight is 416 g/mol. The lowest BCUT2D eigenvalue weighted by Crippen LogP contribution is -2.19. The highest BCUT2D eigenvalue weighted by molar-refractivity contribution is 7.92. The van der Waals surface area contributed by atoms with Crippen molar-refractivity contribution in [2.75, 3.05) is 15.4 Å². The zero-order chi connectivity index (χ0) is 20.1. The molecule has 0 spiro atoms. The van der Waals surface area contributed by atoms with E-state index in [1.165, 1.54) is 24.3 Å². The van der Waals surface area contributed by atoms with E-state index in [9.17, 15) is 13.2 Å². The fourth-order valence-corrected chi connectivity index (χ4v) is 3.75. The molecule has 3 rings (SSSR count). The summed E-state index contributed by atoms with van der Waals surface area (Å²) in [7, 11) is -3.78. The summed E-state index contributed by atoms with van der Waals surface area (Å²) in [6, 6.07) is 19.4. The van der Waals surface area contributed by atoms with Crippen molar-refractivity contribution in [1.82, 2.24) is 0 Å². The van der Waals surface area contributed by atoms with Crippen LogP contribution in [0.15, 0.2) is 77.7 Å². The molecule has 0 aliphatic carbocycles. The predicted octanol–water partition coefficient (Wildman–Crippen LogP) is 5.09. The number of carbonyl (C=O) groups is 1. The number of para-hydroxylation sites is 1. The summed E-state index contributed by atoms with van der Waals surface area (Å²) in [6.07, 6.45) is 0. The van der Waals surface area contributed by atoms with Gasteiger partial charge in [0.05, 0.1) is 10.6 Å². The van der Waals surface area contributed by atoms with E-state index in [0.29, 0.717) is 27.6 Å². The standard InChI is InChI=1S/C20H18ClN3O3S/c1-14-18(21)8-5-9-19(14)24-28(26,27)17-12-10-16(11-13-17)23-20(25)22-15-6-3-2-4-7-15/h2-13,24H,1H3,(H2,22,23,25). The van der Waals surface area contributed by atoms with Crippen LogP contribution < -0.4 is 15.4 Å². The molecule has 0 bridgehead atoms. The molecule has 0 aliphatic heterocycles. The quantitative estimate of drug-likeness (QED) is 0.542. The van der Waals surface area contributed by atoms with E-state index in [4.69, 9.17) is 11.6 Å². The highest BCUT2D eigenvalue weighted by Gasteiger charge is 2.16. The molecule has 0 heterocycles. The molecule has 6 nitrogen and oxygen atoms in total. The van der Waals surface area contributed by atoms with Crippen LogP contribution in [-0.4, -0.2) is 14.4 Å². The van der Waals surface area contributed by atoms with Crippen molar-refractivity contribution in [3.8, 4) is 0 Å². The van der Waals surface area contributed by atoms with Crippen LogP contribution in [-0.2, 0) is 10.0 Å². The number of anilines is 3. The lowest BCUT2D eigenvalue weighted by atomic mass is 10.2. The lowest BCUT2D eigenvalue weighted by molar-refractivity contribution is 0.262. The summed E-state index contributed by atoms with van der Waals surface area (Å²) >= 11 is 6.03. The topological polar surface area (TPSA) is 87.3 Å². The first-order valence-corrected chi connectivity index (χ1v) is 10.2. The molecule has 0 atom stereocenters. The zero-order valence-corrected chi connectivity index (χ0v) is 16.5. The maximum absolute atomic E-state index is 12.6. The Bertz CT molecular complexity index is 1090. The first-order valence-electron chi connectivity index (χ1n) is 8.36. The van der Waals surface area contributed by atoms with Crippen molar-refractivity contribution in [3.63, 3.8) is 0 Å². The number of urea groups is 1. The molecule has 144 valence electrons. The van der Waals surface area contributed by atoms with Crippen LogP contribution in [0.3, 0.4) is 0 Å². The van der Waals surface area contributed by atoms with E-state index < -0.39 is 16.1 Å². The summed E-state index contributed by atoms with van der Waals surface area (Å²) in [5.74, 6) is 0. The van der Waals surface area contributed by atoms with E-state index in [2.05, 4.69) is 15.4 Å². The Hall–Kier alpha value is -3.03. The molecule has 3 aromatic carbocycles. The molecule has 0 aromatic heterocycles. The maximum Gasteiger partial charge on any atom is 0.323 e. The number of hydrogen-bond donors (Lipinski definition) is 3. The molecule has 8 heteroatoms. The van der Waals surface area contributed by atoms with Gasteiger partial charge >= 0.3 is 6.03 Å². The number of benzene rings is 3. The molecule has 0 aliphatic rings. The van der Waals surface area contributed by atoms with E-state index >= 15 is 0 Å². The van der Waals surface area contributed by atoms with Gasteiger partial charge in [-0.25, -0.2) is 13.2 Å². The number of nitrogens with one attached hydrogen (secondary N) is 3. The second-order valence-electron chi connectivity index (χ2n) is 5.99. The minimum Gasteiger partial charge on any atom is -0.308 e. The van der Waals surface area contributed by atoms with Gasteiger partial charge < -0.3 is 10.6 Å². The monoisotopic (exact) mass is 415 g/mol. The third-order valence-corrected chi connectivity index (χ3v) is 5.76. The van der Waals surface area contributed by atoms with Crippen molar-refractivity contribution >= 4 is 44.7 Å². The minimum atomic E-state index is -3.78. The second kappa shape index (κ2) is 8.33. The van der Waals surface area contributed by atoms with Crippen molar-refractivity contribution in [3.05, 3.63) is 83.4 Å². The Labute approximate surface area is 168 Å². The van der Waals surface area contributed by atoms with E-state index in [-0.39, 0.29) is 4.90 Å². The largest absolute Gasteiger partial charge is 0.323 e. The zero-order valence-electron chi connectivity index (χ0n) is 14.9. The lowest BCUT2D eigenvalue weighted by Gasteiger charge is -2.12. The van der Waals surface area contributed by atoms with Gasteiger partial charge in [0.25, 0.3) is 10.0 Å². The highest BCUT2D eigenvalue weighted by atomic mass is 35.5. The molecule has 28 heavy (non-hydrogen) atoms. The number of halogens is 1. The highest BCUT2D eigenvalue weighted by Crippen LogP contribution is 2.25. The van der Waals surface area contributed by atoms with Gasteiger partial charge in [0.15, 0.2) is 0 Å². The minimum absolute atomic E-state index is 0.0703. The van der Waals surface area contributed by atoms with Crippen LogP contribution in [0.25, 0.3) is 0 Å². The smallest absolute Gasteiger partial charge is 0.308 e. The van der Waals surface area contributed by atoms with Crippen LogP contribution in [0.1, 0.15) is 5.56 Å².